The van der Waals surface area contributed by atoms with Gasteiger partial charge < -0.3 is 14.6 Å². The molecule has 0 saturated carbocycles. The lowest BCUT2D eigenvalue weighted by atomic mass is 10.0. The number of benzene rings is 1. The number of aromatic nitrogens is 2. The van der Waals surface area contributed by atoms with E-state index in [0.29, 0.717) is 43.3 Å². The van der Waals surface area contributed by atoms with Crippen molar-refractivity contribution in [3.63, 3.8) is 0 Å². The van der Waals surface area contributed by atoms with Gasteiger partial charge >= 0.3 is 0 Å². The summed E-state index contributed by atoms with van der Waals surface area (Å²) in [4.78, 5) is 16.3. The van der Waals surface area contributed by atoms with E-state index < -0.39 is 0 Å². The molecule has 24 heavy (non-hydrogen) atoms. The number of nitrogens with zero attached hydrogens (tertiary/aromatic N) is 2. The molecule has 1 atom stereocenters. The van der Waals surface area contributed by atoms with Crippen molar-refractivity contribution < 1.29 is 18.4 Å². The van der Waals surface area contributed by atoms with Gasteiger partial charge in [-0.2, -0.15) is 4.98 Å². The summed E-state index contributed by atoms with van der Waals surface area (Å²) in [7, 11) is 0. The second kappa shape index (κ2) is 7.42. The van der Waals surface area contributed by atoms with E-state index >= 15 is 0 Å². The van der Waals surface area contributed by atoms with Gasteiger partial charge in [0.1, 0.15) is 11.6 Å². The number of carbonyl (C=O) groups excluding carboxylic acids is 1. The van der Waals surface area contributed by atoms with E-state index in [0.717, 1.165) is 18.4 Å². The molecule has 0 aliphatic carbocycles. The van der Waals surface area contributed by atoms with Crippen molar-refractivity contribution in [3.8, 4) is 5.75 Å². The molecule has 7 heteroatoms. The summed E-state index contributed by atoms with van der Waals surface area (Å²) in [5.41, 5.74) is 0.828. The third-order valence-corrected chi connectivity index (χ3v) is 3.95. The van der Waals surface area contributed by atoms with Crippen molar-refractivity contribution >= 4 is 5.91 Å². The Morgan fingerprint density at radius 3 is 3.12 bits per heavy atom. The highest BCUT2D eigenvalue weighted by molar-refractivity contribution is 5.76. The monoisotopic (exact) mass is 333 g/mol. The second-order valence-electron chi connectivity index (χ2n) is 5.88. The maximum atomic E-state index is 13.4. The molecule has 1 aromatic heterocycles. The highest BCUT2D eigenvalue weighted by atomic mass is 19.1. The highest BCUT2D eigenvalue weighted by Crippen LogP contribution is 2.32. The van der Waals surface area contributed by atoms with Gasteiger partial charge in [-0.05, 0) is 32.3 Å². The molecule has 128 valence electrons. The Hall–Kier alpha value is -2.44. The lowest BCUT2D eigenvalue weighted by molar-refractivity contribution is -0.122. The van der Waals surface area contributed by atoms with E-state index in [1.54, 1.807) is 13.0 Å². The Morgan fingerprint density at radius 1 is 1.46 bits per heavy atom. The zero-order valence-electron chi connectivity index (χ0n) is 13.5. The van der Waals surface area contributed by atoms with Crippen LogP contribution in [-0.4, -0.2) is 22.7 Å². The molecule has 0 radical (unpaired) electrons. The number of nitrogens with one attached hydrogen (secondary N) is 1. The number of aryl methyl sites for hydroxylation is 2. The van der Waals surface area contributed by atoms with E-state index in [4.69, 9.17) is 9.26 Å². The molecule has 2 aromatic rings. The fourth-order valence-electron chi connectivity index (χ4n) is 2.80. The third-order valence-electron chi connectivity index (χ3n) is 3.95. The summed E-state index contributed by atoms with van der Waals surface area (Å²) in [6.07, 6.45) is 3.15. The number of rotatable bonds is 5. The van der Waals surface area contributed by atoms with Crippen molar-refractivity contribution in [2.24, 2.45) is 0 Å². The summed E-state index contributed by atoms with van der Waals surface area (Å²) in [5, 5.41) is 6.74. The lowest BCUT2D eigenvalue weighted by Crippen LogP contribution is -2.28. The molecule has 1 aromatic carbocycles. The maximum absolute atomic E-state index is 13.4. The smallest absolute Gasteiger partial charge is 0.226 e. The van der Waals surface area contributed by atoms with E-state index in [-0.39, 0.29) is 17.8 Å². The van der Waals surface area contributed by atoms with Crippen LogP contribution < -0.4 is 10.1 Å². The molecule has 0 spiro atoms. The van der Waals surface area contributed by atoms with Gasteiger partial charge in [0, 0.05) is 24.5 Å². The Labute approximate surface area is 139 Å². The molecule has 3 rings (SSSR count). The van der Waals surface area contributed by atoms with Gasteiger partial charge in [0.15, 0.2) is 5.82 Å². The quantitative estimate of drug-likeness (QED) is 0.910. The number of halogens is 1. The average Bonchev–Trinajstić information content (AvgIpc) is 2.86. The third kappa shape index (κ3) is 4.10. The van der Waals surface area contributed by atoms with Crippen molar-refractivity contribution in [3.05, 3.63) is 41.3 Å². The molecule has 1 amide bonds. The van der Waals surface area contributed by atoms with Crippen molar-refractivity contribution in [1.29, 1.82) is 0 Å². The SMILES string of the molecule is Cc1noc(CCCC(=O)N[C@@H]2CCCOc3cc(F)ccc32)n1. The summed E-state index contributed by atoms with van der Waals surface area (Å²) < 4.78 is 23.9. The first-order valence-corrected chi connectivity index (χ1v) is 8.12. The zero-order chi connectivity index (χ0) is 16.9. The molecule has 1 N–H and O–H groups in total. The maximum Gasteiger partial charge on any atom is 0.226 e. The molecule has 6 nitrogen and oxygen atoms in total. The fraction of sp³-hybridized carbons (Fsp3) is 0.471. The normalized spacial score (nSPS) is 16.8. The predicted molar refractivity (Wildman–Crippen MR) is 84.0 cm³/mol. The van der Waals surface area contributed by atoms with Crippen molar-refractivity contribution in [2.45, 2.75) is 45.1 Å². The van der Waals surface area contributed by atoms with Crippen LogP contribution in [0.15, 0.2) is 22.7 Å². The van der Waals surface area contributed by atoms with Crippen LogP contribution in [-0.2, 0) is 11.2 Å². The number of ether oxygens (including phenoxy) is 1. The summed E-state index contributed by atoms with van der Waals surface area (Å²) in [5.74, 6) is 1.27. The largest absolute Gasteiger partial charge is 0.493 e. The van der Waals surface area contributed by atoms with E-state index in [1.807, 2.05) is 0 Å². The molecule has 0 fully saturated rings. The topological polar surface area (TPSA) is 77.2 Å². The fourth-order valence-corrected chi connectivity index (χ4v) is 2.80. The van der Waals surface area contributed by atoms with Crippen LogP contribution in [0.25, 0.3) is 0 Å². The van der Waals surface area contributed by atoms with Gasteiger partial charge in [0.05, 0.1) is 12.6 Å². The first-order chi connectivity index (χ1) is 11.6. The molecule has 0 unspecified atom stereocenters. The number of carbonyl (C=O) groups is 1. The Balaban J connectivity index is 1.56. The number of fused-ring (bicyclic) bond motifs is 1. The minimum atomic E-state index is -0.337. The van der Waals surface area contributed by atoms with Crippen LogP contribution in [0.5, 0.6) is 5.75 Å². The average molecular weight is 333 g/mol. The van der Waals surface area contributed by atoms with Gasteiger partial charge in [-0.15, -0.1) is 0 Å². The van der Waals surface area contributed by atoms with Gasteiger partial charge in [-0.25, -0.2) is 4.39 Å². The number of hydrogen-bond acceptors (Lipinski definition) is 5. The Morgan fingerprint density at radius 2 is 2.33 bits per heavy atom. The van der Waals surface area contributed by atoms with Crippen LogP contribution in [0, 0.1) is 12.7 Å². The summed E-state index contributed by atoms with van der Waals surface area (Å²) in [6.45, 7) is 2.29. The highest BCUT2D eigenvalue weighted by Gasteiger charge is 2.21. The summed E-state index contributed by atoms with van der Waals surface area (Å²) >= 11 is 0. The van der Waals surface area contributed by atoms with Gasteiger partial charge in [0.25, 0.3) is 0 Å². The lowest BCUT2D eigenvalue weighted by Gasteiger charge is -2.18. The van der Waals surface area contributed by atoms with Gasteiger partial charge in [-0.3, -0.25) is 4.79 Å². The van der Waals surface area contributed by atoms with Crippen LogP contribution in [0.1, 0.15) is 49.0 Å². The Kier molecular flexibility index (Phi) is 5.08. The van der Waals surface area contributed by atoms with Gasteiger partial charge in [-0.1, -0.05) is 11.2 Å². The van der Waals surface area contributed by atoms with Crippen molar-refractivity contribution in [1.82, 2.24) is 15.5 Å². The zero-order valence-corrected chi connectivity index (χ0v) is 13.5. The molecular weight excluding hydrogens is 313 g/mol. The summed E-state index contributed by atoms with van der Waals surface area (Å²) in [6, 6.07) is 4.30. The molecule has 1 aliphatic heterocycles. The van der Waals surface area contributed by atoms with E-state index in [2.05, 4.69) is 15.5 Å². The van der Waals surface area contributed by atoms with Crippen LogP contribution in [0.2, 0.25) is 0 Å². The predicted octanol–water partition coefficient (Wildman–Crippen LogP) is 2.87. The molecule has 0 bridgehead atoms. The first kappa shape index (κ1) is 16.4. The first-order valence-electron chi connectivity index (χ1n) is 8.12. The molecular formula is C17H20FN3O3. The van der Waals surface area contributed by atoms with E-state index in [9.17, 15) is 9.18 Å². The van der Waals surface area contributed by atoms with Gasteiger partial charge in [0.2, 0.25) is 11.8 Å². The minimum absolute atomic E-state index is 0.0478. The standard InChI is InChI=1S/C17H20FN3O3/c1-11-19-17(24-21-11)6-2-5-16(22)20-14-4-3-9-23-15-10-12(18)7-8-13(14)15/h7-8,10,14H,2-6,9H2,1H3,(H,20,22)/t14-/m1/s1. The molecule has 2 heterocycles. The second-order valence-corrected chi connectivity index (χ2v) is 5.88. The number of amides is 1. The van der Waals surface area contributed by atoms with Crippen molar-refractivity contribution in [2.75, 3.05) is 6.61 Å². The number of hydrogen-bond donors (Lipinski definition) is 1. The van der Waals surface area contributed by atoms with Crippen LogP contribution in [0.4, 0.5) is 4.39 Å². The van der Waals surface area contributed by atoms with Crippen LogP contribution in [0.3, 0.4) is 0 Å². The van der Waals surface area contributed by atoms with E-state index in [1.165, 1.54) is 12.1 Å². The molecule has 0 saturated heterocycles. The van der Waals surface area contributed by atoms with Crippen LogP contribution >= 0.6 is 0 Å². The molecule has 1 aliphatic rings. The minimum Gasteiger partial charge on any atom is -0.493 e. The Bertz CT molecular complexity index is 717.